The van der Waals surface area contributed by atoms with Crippen LogP contribution in [0.25, 0.3) is 10.2 Å². The molecule has 0 aliphatic rings. The van der Waals surface area contributed by atoms with Crippen LogP contribution in [-0.4, -0.2) is 29.9 Å². The molecular formula is C23H21N3OS. The van der Waals surface area contributed by atoms with Crippen LogP contribution >= 0.6 is 11.3 Å². The maximum atomic E-state index is 13.2. The van der Waals surface area contributed by atoms with Gasteiger partial charge in [-0.15, -0.1) is 11.3 Å². The number of anilines is 2. The van der Waals surface area contributed by atoms with Crippen LogP contribution in [0.5, 0.6) is 0 Å². The molecule has 0 aliphatic heterocycles. The molecule has 0 spiro atoms. The van der Waals surface area contributed by atoms with Gasteiger partial charge in [0.2, 0.25) is 0 Å². The lowest BCUT2D eigenvalue weighted by Gasteiger charge is -2.24. The van der Waals surface area contributed by atoms with Gasteiger partial charge in [0.05, 0.1) is 28.0 Å². The molecule has 4 rings (SSSR count). The predicted molar refractivity (Wildman–Crippen MR) is 116 cm³/mol. The van der Waals surface area contributed by atoms with E-state index in [-0.39, 0.29) is 5.91 Å². The van der Waals surface area contributed by atoms with Gasteiger partial charge in [0.1, 0.15) is 5.01 Å². The van der Waals surface area contributed by atoms with Crippen molar-refractivity contribution in [3.63, 3.8) is 0 Å². The number of amides is 1. The number of carbonyl (C=O) groups excluding carboxylic acids is 1. The minimum absolute atomic E-state index is 0.0161. The molecule has 28 heavy (non-hydrogen) atoms. The summed E-state index contributed by atoms with van der Waals surface area (Å²) in [5.74, 6) is -0.0161. The van der Waals surface area contributed by atoms with Gasteiger partial charge in [-0.2, -0.15) is 0 Å². The molecule has 3 aromatic carbocycles. The second-order valence-electron chi connectivity index (χ2n) is 6.65. The highest BCUT2D eigenvalue weighted by Crippen LogP contribution is 2.28. The van der Waals surface area contributed by atoms with E-state index in [2.05, 4.69) is 11.1 Å². The third kappa shape index (κ3) is 3.62. The molecule has 1 amide bonds. The summed E-state index contributed by atoms with van der Waals surface area (Å²) >= 11 is 1.63. The zero-order chi connectivity index (χ0) is 19.5. The van der Waals surface area contributed by atoms with Gasteiger partial charge in [0, 0.05) is 19.8 Å². The van der Waals surface area contributed by atoms with Gasteiger partial charge in [-0.1, -0.05) is 42.5 Å². The third-order valence-corrected chi connectivity index (χ3v) is 5.72. The van der Waals surface area contributed by atoms with Crippen molar-refractivity contribution in [3.8, 4) is 0 Å². The summed E-state index contributed by atoms with van der Waals surface area (Å²) in [5.41, 5.74) is 3.58. The molecule has 0 saturated heterocycles. The van der Waals surface area contributed by atoms with E-state index in [4.69, 9.17) is 0 Å². The number of hydrogen-bond acceptors (Lipinski definition) is 4. The first-order valence-electron chi connectivity index (χ1n) is 9.11. The highest BCUT2D eigenvalue weighted by Gasteiger charge is 2.19. The van der Waals surface area contributed by atoms with E-state index in [0.717, 1.165) is 26.6 Å². The second-order valence-corrected chi connectivity index (χ2v) is 7.76. The van der Waals surface area contributed by atoms with E-state index in [1.54, 1.807) is 16.2 Å². The second kappa shape index (κ2) is 7.82. The molecule has 0 bridgehead atoms. The molecular weight excluding hydrogens is 366 g/mol. The molecule has 5 heteroatoms. The van der Waals surface area contributed by atoms with Crippen molar-refractivity contribution in [1.29, 1.82) is 0 Å². The number of carbonyl (C=O) groups is 1. The van der Waals surface area contributed by atoms with Gasteiger partial charge in [-0.05, 0) is 36.4 Å². The fraction of sp³-hybridized carbons (Fsp3) is 0.130. The van der Waals surface area contributed by atoms with E-state index in [9.17, 15) is 4.79 Å². The fourth-order valence-electron chi connectivity index (χ4n) is 3.21. The number of hydrogen-bond donors (Lipinski definition) is 0. The normalized spacial score (nSPS) is 10.8. The number of fused-ring (bicyclic) bond motifs is 1. The van der Waals surface area contributed by atoms with E-state index in [1.807, 2.05) is 91.8 Å². The van der Waals surface area contributed by atoms with Gasteiger partial charge in [-0.3, -0.25) is 4.79 Å². The fourth-order valence-corrected chi connectivity index (χ4v) is 4.23. The summed E-state index contributed by atoms with van der Waals surface area (Å²) in [7, 11) is 3.81. The van der Waals surface area contributed by atoms with E-state index < -0.39 is 0 Å². The van der Waals surface area contributed by atoms with Crippen molar-refractivity contribution < 1.29 is 4.79 Å². The van der Waals surface area contributed by atoms with Gasteiger partial charge in [0.25, 0.3) is 5.91 Å². The zero-order valence-electron chi connectivity index (χ0n) is 15.9. The van der Waals surface area contributed by atoms with Crippen LogP contribution in [0, 0.1) is 0 Å². The molecule has 0 radical (unpaired) electrons. The quantitative estimate of drug-likeness (QED) is 0.464. The molecule has 0 N–H and O–H groups in total. The monoisotopic (exact) mass is 387 g/mol. The number of thiazole rings is 1. The summed E-state index contributed by atoms with van der Waals surface area (Å²) in [6.07, 6.45) is 0. The van der Waals surface area contributed by atoms with Crippen LogP contribution in [0.3, 0.4) is 0 Å². The average molecular weight is 388 g/mol. The van der Waals surface area contributed by atoms with Crippen LogP contribution in [0.15, 0.2) is 78.9 Å². The number of para-hydroxylation sites is 3. The SMILES string of the molecule is CN(Cc1nc2ccccc2s1)C(=O)c1ccccc1N(C)c1ccccc1. The molecule has 0 saturated carbocycles. The third-order valence-electron chi connectivity index (χ3n) is 4.70. The minimum atomic E-state index is -0.0161. The molecule has 4 nitrogen and oxygen atoms in total. The topological polar surface area (TPSA) is 36.4 Å². The maximum Gasteiger partial charge on any atom is 0.256 e. The Labute approximate surface area is 168 Å². The van der Waals surface area contributed by atoms with Crippen molar-refractivity contribution in [2.24, 2.45) is 0 Å². The smallest absolute Gasteiger partial charge is 0.256 e. The Kier molecular flexibility index (Phi) is 5.08. The minimum Gasteiger partial charge on any atom is -0.344 e. The first-order valence-corrected chi connectivity index (χ1v) is 9.93. The average Bonchev–Trinajstić information content (AvgIpc) is 3.15. The van der Waals surface area contributed by atoms with Crippen molar-refractivity contribution in [2.45, 2.75) is 6.54 Å². The number of aromatic nitrogens is 1. The van der Waals surface area contributed by atoms with E-state index in [0.29, 0.717) is 12.1 Å². The number of benzene rings is 3. The van der Waals surface area contributed by atoms with Crippen molar-refractivity contribution in [1.82, 2.24) is 9.88 Å². The van der Waals surface area contributed by atoms with Gasteiger partial charge in [-0.25, -0.2) is 4.98 Å². The Morgan fingerprint density at radius 2 is 1.57 bits per heavy atom. The van der Waals surface area contributed by atoms with Crippen LogP contribution in [0.4, 0.5) is 11.4 Å². The maximum absolute atomic E-state index is 13.2. The molecule has 140 valence electrons. The number of nitrogens with zero attached hydrogens (tertiary/aromatic N) is 3. The lowest BCUT2D eigenvalue weighted by molar-refractivity contribution is 0.0786. The Balaban J connectivity index is 1.59. The zero-order valence-corrected chi connectivity index (χ0v) is 16.7. The van der Waals surface area contributed by atoms with Crippen molar-refractivity contribution in [2.75, 3.05) is 19.0 Å². The molecule has 0 aliphatic carbocycles. The van der Waals surface area contributed by atoms with Gasteiger partial charge in [0.15, 0.2) is 0 Å². The van der Waals surface area contributed by atoms with E-state index in [1.165, 1.54) is 0 Å². The van der Waals surface area contributed by atoms with Crippen LogP contribution in [-0.2, 0) is 6.54 Å². The summed E-state index contributed by atoms with van der Waals surface area (Å²) in [5, 5.41) is 0.936. The van der Waals surface area contributed by atoms with Crippen molar-refractivity contribution in [3.05, 3.63) is 89.4 Å². The lowest BCUT2D eigenvalue weighted by atomic mass is 10.1. The first-order chi connectivity index (χ1) is 13.6. The largest absolute Gasteiger partial charge is 0.344 e. The summed E-state index contributed by atoms with van der Waals surface area (Å²) in [6.45, 7) is 0.488. The highest BCUT2D eigenvalue weighted by atomic mass is 32.1. The van der Waals surface area contributed by atoms with Crippen LogP contribution < -0.4 is 4.90 Å². The highest BCUT2D eigenvalue weighted by molar-refractivity contribution is 7.18. The molecule has 0 fully saturated rings. The molecule has 4 aromatic rings. The van der Waals surface area contributed by atoms with Gasteiger partial charge < -0.3 is 9.80 Å². The Hall–Kier alpha value is -3.18. The van der Waals surface area contributed by atoms with Crippen LogP contribution in [0.2, 0.25) is 0 Å². The Morgan fingerprint density at radius 1 is 0.893 bits per heavy atom. The van der Waals surface area contributed by atoms with Crippen LogP contribution in [0.1, 0.15) is 15.4 Å². The van der Waals surface area contributed by atoms with Crippen molar-refractivity contribution >= 4 is 38.8 Å². The molecule has 0 unspecified atom stereocenters. The molecule has 1 aromatic heterocycles. The van der Waals surface area contributed by atoms with Gasteiger partial charge >= 0.3 is 0 Å². The molecule has 0 atom stereocenters. The predicted octanol–water partition coefficient (Wildman–Crippen LogP) is 5.34. The standard InChI is InChI=1S/C23H21N3OS/c1-25(16-22-24-19-13-7-9-15-21(19)28-22)23(27)18-12-6-8-14-20(18)26(2)17-10-4-3-5-11-17/h3-15H,16H2,1-2H3. The summed E-state index contributed by atoms with van der Waals surface area (Å²) in [4.78, 5) is 21.6. The summed E-state index contributed by atoms with van der Waals surface area (Å²) < 4.78 is 1.14. The Bertz CT molecular complexity index is 1070. The lowest BCUT2D eigenvalue weighted by Crippen LogP contribution is -2.27. The summed E-state index contributed by atoms with van der Waals surface area (Å²) in [6, 6.07) is 25.8. The first kappa shape index (κ1) is 18.2. The van der Waals surface area contributed by atoms with E-state index >= 15 is 0 Å². The Morgan fingerprint density at radius 3 is 2.36 bits per heavy atom. The molecule has 1 heterocycles. The number of rotatable bonds is 5.